The fourth-order valence-electron chi connectivity index (χ4n) is 0.883. The average Bonchev–Trinajstić information content (AvgIpc) is 2.01. The van der Waals surface area contributed by atoms with Crippen molar-refractivity contribution >= 4 is 11.7 Å². The third-order valence-corrected chi connectivity index (χ3v) is 1.38. The van der Waals surface area contributed by atoms with Crippen LogP contribution in [0, 0.1) is 0 Å². The van der Waals surface area contributed by atoms with Gasteiger partial charge in [0.1, 0.15) is 0 Å². The van der Waals surface area contributed by atoms with Crippen molar-refractivity contribution in [2.45, 2.75) is 6.30 Å². The van der Waals surface area contributed by atoms with Gasteiger partial charge in [0, 0.05) is 5.69 Å². The Morgan fingerprint density at radius 3 is 2.43 bits per heavy atom. The molecule has 2 nitrogen and oxygen atoms in total. The number of alkyl halides is 3. The monoisotopic (exact) mass is 207 g/mol. The van der Waals surface area contributed by atoms with Crippen molar-refractivity contribution in [3.05, 3.63) is 29.8 Å². The molecule has 14 heavy (non-hydrogen) atoms. The standard InChI is InChI=1S/C8H5F4NO/c9-7(14)5-2-1-3-6(4-5)13-8(10,11)12/h1-4,13H. The van der Waals surface area contributed by atoms with E-state index in [0.717, 1.165) is 29.6 Å². The Balaban J connectivity index is 2.89. The number of hydrogen-bond acceptors (Lipinski definition) is 2. The maximum absolute atomic E-state index is 12.1. The van der Waals surface area contributed by atoms with Gasteiger partial charge in [-0.05, 0) is 18.2 Å². The van der Waals surface area contributed by atoms with Crippen molar-refractivity contribution in [2.75, 3.05) is 5.32 Å². The lowest BCUT2D eigenvalue weighted by Gasteiger charge is -2.09. The van der Waals surface area contributed by atoms with E-state index in [4.69, 9.17) is 0 Å². The van der Waals surface area contributed by atoms with Crippen molar-refractivity contribution in [3.8, 4) is 0 Å². The smallest absolute Gasteiger partial charge is 0.297 e. The molecular formula is C8H5F4NO. The average molecular weight is 207 g/mol. The van der Waals surface area contributed by atoms with Crippen LogP contribution in [0.4, 0.5) is 23.2 Å². The molecule has 0 aromatic heterocycles. The molecule has 0 aliphatic rings. The summed E-state index contributed by atoms with van der Waals surface area (Å²) in [7, 11) is 0. The number of rotatable bonds is 2. The zero-order valence-corrected chi connectivity index (χ0v) is 6.73. The van der Waals surface area contributed by atoms with Gasteiger partial charge in [0.15, 0.2) is 0 Å². The molecule has 1 aromatic carbocycles. The lowest BCUT2D eigenvalue weighted by molar-refractivity contribution is -0.0999. The second-order valence-electron chi connectivity index (χ2n) is 2.48. The van der Waals surface area contributed by atoms with Gasteiger partial charge in [0.25, 0.3) is 0 Å². The van der Waals surface area contributed by atoms with Crippen molar-refractivity contribution in [1.82, 2.24) is 0 Å². The van der Waals surface area contributed by atoms with Crippen LogP contribution in [0.2, 0.25) is 0 Å². The van der Waals surface area contributed by atoms with Crippen LogP contribution < -0.4 is 5.32 Å². The Kier molecular flexibility index (Phi) is 2.73. The van der Waals surface area contributed by atoms with Gasteiger partial charge < -0.3 is 0 Å². The van der Waals surface area contributed by atoms with E-state index >= 15 is 0 Å². The molecule has 0 amide bonds. The number of halogens is 4. The minimum absolute atomic E-state index is 0.374. The molecule has 0 bridgehead atoms. The van der Waals surface area contributed by atoms with E-state index in [0.29, 0.717) is 0 Å². The quantitative estimate of drug-likeness (QED) is 0.459. The number of carbonyl (C=O) groups excluding carboxylic acids is 1. The van der Waals surface area contributed by atoms with Gasteiger partial charge >= 0.3 is 12.3 Å². The van der Waals surface area contributed by atoms with Crippen molar-refractivity contribution in [2.24, 2.45) is 0 Å². The highest BCUT2D eigenvalue weighted by Gasteiger charge is 2.27. The maximum Gasteiger partial charge on any atom is 0.482 e. The summed E-state index contributed by atoms with van der Waals surface area (Å²) in [6.45, 7) is 0. The summed E-state index contributed by atoms with van der Waals surface area (Å²) < 4.78 is 47.5. The lowest BCUT2D eigenvalue weighted by Crippen LogP contribution is -2.20. The first-order valence-corrected chi connectivity index (χ1v) is 3.53. The normalized spacial score (nSPS) is 11.1. The van der Waals surface area contributed by atoms with E-state index < -0.39 is 17.9 Å². The minimum Gasteiger partial charge on any atom is -0.297 e. The third kappa shape index (κ3) is 3.04. The van der Waals surface area contributed by atoms with Gasteiger partial charge in [-0.1, -0.05) is 6.07 Å². The summed E-state index contributed by atoms with van der Waals surface area (Å²) >= 11 is 0. The van der Waals surface area contributed by atoms with E-state index in [2.05, 4.69) is 0 Å². The molecule has 0 saturated carbocycles. The molecule has 6 heteroatoms. The molecule has 1 aromatic rings. The number of benzene rings is 1. The molecule has 0 aliphatic heterocycles. The van der Waals surface area contributed by atoms with Gasteiger partial charge in [-0.3, -0.25) is 10.1 Å². The first kappa shape index (κ1) is 10.5. The van der Waals surface area contributed by atoms with Crippen LogP contribution in [0.25, 0.3) is 0 Å². The molecule has 1 rings (SSSR count). The number of anilines is 1. The molecule has 0 saturated heterocycles. The second-order valence-corrected chi connectivity index (χ2v) is 2.48. The fourth-order valence-corrected chi connectivity index (χ4v) is 0.883. The maximum atomic E-state index is 12.1. The van der Waals surface area contributed by atoms with Gasteiger partial charge in [-0.15, -0.1) is 0 Å². The highest BCUT2D eigenvalue weighted by atomic mass is 19.4. The van der Waals surface area contributed by atoms with E-state index in [-0.39, 0.29) is 5.69 Å². The van der Waals surface area contributed by atoms with Gasteiger partial charge in [0.2, 0.25) is 0 Å². The second kappa shape index (κ2) is 3.65. The molecule has 0 spiro atoms. The van der Waals surface area contributed by atoms with E-state index in [9.17, 15) is 22.4 Å². The van der Waals surface area contributed by atoms with Crippen LogP contribution in [0.15, 0.2) is 24.3 Å². The molecule has 76 valence electrons. The predicted molar refractivity (Wildman–Crippen MR) is 41.6 cm³/mol. The minimum atomic E-state index is -4.60. The zero-order chi connectivity index (χ0) is 10.8. The summed E-state index contributed by atoms with van der Waals surface area (Å²) in [5.74, 6) is 0. The number of carbonyl (C=O) groups is 1. The Labute approximate surface area is 76.5 Å². The Bertz CT molecular complexity index is 347. The van der Waals surface area contributed by atoms with Crippen LogP contribution in [-0.2, 0) is 0 Å². The fraction of sp³-hybridized carbons (Fsp3) is 0.125. The first-order valence-electron chi connectivity index (χ1n) is 3.53. The van der Waals surface area contributed by atoms with Crippen molar-refractivity contribution in [1.29, 1.82) is 0 Å². The highest BCUT2D eigenvalue weighted by molar-refractivity contribution is 5.89. The third-order valence-electron chi connectivity index (χ3n) is 1.38. The van der Waals surface area contributed by atoms with E-state index in [1.165, 1.54) is 0 Å². The summed E-state index contributed by atoms with van der Waals surface area (Å²) in [5.41, 5.74) is -0.791. The molecule has 0 heterocycles. The van der Waals surface area contributed by atoms with Crippen molar-refractivity contribution < 1.29 is 22.4 Å². The predicted octanol–water partition coefficient (Wildman–Crippen LogP) is 2.73. The molecular weight excluding hydrogens is 202 g/mol. The number of nitrogens with one attached hydrogen (secondary N) is 1. The first-order chi connectivity index (χ1) is 6.38. The van der Waals surface area contributed by atoms with Crippen LogP contribution in [0.3, 0.4) is 0 Å². The molecule has 0 aliphatic carbocycles. The Hall–Kier alpha value is -1.59. The van der Waals surface area contributed by atoms with Gasteiger partial charge in [0.05, 0.1) is 5.56 Å². The molecule has 0 radical (unpaired) electrons. The summed E-state index contributed by atoms with van der Waals surface area (Å²) in [6.07, 6.45) is -4.60. The van der Waals surface area contributed by atoms with E-state index in [1.54, 1.807) is 0 Å². The van der Waals surface area contributed by atoms with Gasteiger partial charge in [-0.2, -0.15) is 17.6 Å². The molecule has 0 unspecified atom stereocenters. The summed E-state index contributed by atoms with van der Waals surface area (Å²) in [4.78, 5) is 10.2. The zero-order valence-electron chi connectivity index (χ0n) is 6.73. The highest BCUT2D eigenvalue weighted by Crippen LogP contribution is 2.20. The van der Waals surface area contributed by atoms with Crippen LogP contribution in [-0.4, -0.2) is 12.3 Å². The Morgan fingerprint density at radius 1 is 1.29 bits per heavy atom. The SMILES string of the molecule is O=C(F)c1cccc(NC(F)(F)F)c1. The topological polar surface area (TPSA) is 29.1 Å². The van der Waals surface area contributed by atoms with Crippen molar-refractivity contribution in [3.63, 3.8) is 0 Å². The number of hydrogen-bond donors (Lipinski definition) is 1. The summed E-state index contributed by atoms with van der Waals surface area (Å²) in [5, 5.41) is 1.16. The van der Waals surface area contributed by atoms with Crippen LogP contribution in [0.1, 0.15) is 10.4 Å². The molecule has 1 N–H and O–H groups in total. The lowest BCUT2D eigenvalue weighted by atomic mass is 10.2. The van der Waals surface area contributed by atoms with Gasteiger partial charge in [-0.25, -0.2) is 0 Å². The largest absolute Gasteiger partial charge is 0.482 e. The summed E-state index contributed by atoms with van der Waals surface area (Å²) in [6, 6.07) is 2.34. The molecule has 0 atom stereocenters. The van der Waals surface area contributed by atoms with Crippen LogP contribution >= 0.6 is 0 Å². The molecule has 0 fully saturated rings. The van der Waals surface area contributed by atoms with Crippen LogP contribution in [0.5, 0.6) is 0 Å². The van der Waals surface area contributed by atoms with E-state index in [1.807, 2.05) is 0 Å². The Morgan fingerprint density at radius 2 is 1.93 bits per heavy atom.